The molecule has 0 aromatic heterocycles. The molecule has 0 saturated carbocycles. The van der Waals surface area contributed by atoms with Crippen LogP contribution < -0.4 is 21.2 Å². The van der Waals surface area contributed by atoms with Gasteiger partial charge in [0.15, 0.2) is 0 Å². The molecule has 5 rings (SSSR count). The van der Waals surface area contributed by atoms with Gasteiger partial charge in [-0.2, -0.15) is 0 Å². The zero-order valence-electron chi connectivity index (χ0n) is 27.7. The fourth-order valence-electron chi connectivity index (χ4n) is 5.83. The monoisotopic (exact) mass is 641 g/mol. The average molecular weight is 642 g/mol. The van der Waals surface area contributed by atoms with E-state index in [0.717, 1.165) is 28.8 Å². The molecule has 0 aliphatic heterocycles. The SMILES string of the molecule is CCCCN(C(=O)c1ccccc1)C(C(=O)NC(C)(C)C)c1ccccc1N=P(c1ccccc1)(c1ccccc1)c1ccccc1. The van der Waals surface area contributed by atoms with E-state index in [4.69, 9.17) is 4.74 Å². The van der Waals surface area contributed by atoms with Crippen molar-refractivity contribution in [3.8, 4) is 0 Å². The second kappa shape index (κ2) is 15.2. The number of carbonyl (C=O) groups excluding carboxylic acids is 2. The van der Waals surface area contributed by atoms with Crippen molar-refractivity contribution in [3.05, 3.63) is 157 Å². The lowest BCUT2D eigenvalue weighted by atomic mass is 9.99. The van der Waals surface area contributed by atoms with E-state index in [1.54, 1.807) is 4.90 Å². The molecular weight excluding hydrogens is 597 g/mol. The number of unbranched alkanes of at least 4 members (excludes halogenated alkanes) is 1. The highest BCUT2D eigenvalue weighted by atomic mass is 31.2. The number of hydrogen-bond donors (Lipinski definition) is 1. The topological polar surface area (TPSA) is 61.8 Å². The van der Waals surface area contributed by atoms with E-state index in [9.17, 15) is 9.59 Å². The summed E-state index contributed by atoms with van der Waals surface area (Å²) in [5, 5.41) is 6.51. The third kappa shape index (κ3) is 7.81. The quantitative estimate of drug-likeness (QED) is 0.147. The first-order valence-electron chi connectivity index (χ1n) is 16.3. The predicted octanol–water partition coefficient (Wildman–Crippen LogP) is 8.39. The molecule has 1 N–H and O–H groups in total. The van der Waals surface area contributed by atoms with Gasteiger partial charge in [0.1, 0.15) is 6.04 Å². The highest BCUT2D eigenvalue weighted by molar-refractivity contribution is 7.87. The maximum absolute atomic E-state index is 14.5. The van der Waals surface area contributed by atoms with Gasteiger partial charge in [-0.1, -0.05) is 141 Å². The van der Waals surface area contributed by atoms with Gasteiger partial charge in [0.05, 0.1) is 12.7 Å². The van der Waals surface area contributed by atoms with Crippen LogP contribution in [0.15, 0.2) is 150 Å². The van der Waals surface area contributed by atoms with Gasteiger partial charge in [0, 0.05) is 39.1 Å². The van der Waals surface area contributed by atoms with Crippen molar-refractivity contribution >= 4 is 40.5 Å². The van der Waals surface area contributed by atoms with Gasteiger partial charge in [-0.15, -0.1) is 0 Å². The van der Waals surface area contributed by atoms with Crippen molar-refractivity contribution in [1.29, 1.82) is 0 Å². The molecule has 0 fully saturated rings. The molecule has 6 heteroatoms. The summed E-state index contributed by atoms with van der Waals surface area (Å²) in [5.74, 6) is -0.415. The van der Waals surface area contributed by atoms with Gasteiger partial charge in [-0.25, -0.2) is 0 Å². The highest BCUT2D eigenvalue weighted by Crippen LogP contribution is 2.50. The minimum atomic E-state index is -2.66. The highest BCUT2D eigenvalue weighted by Gasteiger charge is 2.36. The lowest BCUT2D eigenvalue weighted by molar-refractivity contribution is -0.127. The van der Waals surface area contributed by atoms with Crippen LogP contribution in [0.1, 0.15) is 62.5 Å². The lowest BCUT2D eigenvalue weighted by Gasteiger charge is -2.35. The van der Waals surface area contributed by atoms with Crippen molar-refractivity contribution in [1.82, 2.24) is 10.2 Å². The van der Waals surface area contributed by atoms with Crippen LogP contribution in [0.3, 0.4) is 0 Å². The van der Waals surface area contributed by atoms with Crippen molar-refractivity contribution in [3.63, 3.8) is 0 Å². The normalized spacial score (nSPS) is 12.2. The van der Waals surface area contributed by atoms with E-state index in [1.807, 2.05) is 93.6 Å². The summed E-state index contributed by atoms with van der Waals surface area (Å²) < 4.78 is 5.79. The molecule has 0 aliphatic rings. The molecule has 5 aromatic carbocycles. The second-order valence-corrected chi connectivity index (χ2v) is 15.7. The summed E-state index contributed by atoms with van der Waals surface area (Å²) in [5.41, 5.74) is 1.42. The summed E-state index contributed by atoms with van der Waals surface area (Å²) in [7, 11) is -2.66. The first-order valence-corrected chi connectivity index (χ1v) is 18.0. The Labute approximate surface area is 279 Å². The Morgan fingerprint density at radius 3 is 1.60 bits per heavy atom. The van der Waals surface area contributed by atoms with E-state index in [-0.39, 0.29) is 11.8 Å². The van der Waals surface area contributed by atoms with E-state index in [2.05, 4.69) is 85.0 Å². The Morgan fingerprint density at radius 1 is 0.681 bits per heavy atom. The minimum absolute atomic E-state index is 0.182. The molecule has 5 nitrogen and oxygen atoms in total. The average Bonchev–Trinajstić information content (AvgIpc) is 3.10. The van der Waals surface area contributed by atoms with Crippen LogP contribution in [-0.2, 0) is 4.79 Å². The molecule has 0 bridgehead atoms. The summed E-state index contributed by atoms with van der Waals surface area (Å²) in [6, 6.07) is 47.5. The molecule has 47 heavy (non-hydrogen) atoms. The zero-order chi connectivity index (χ0) is 33.3. The first-order chi connectivity index (χ1) is 22.7. The Morgan fingerprint density at radius 2 is 1.13 bits per heavy atom. The Hall–Kier alpha value is -4.73. The van der Waals surface area contributed by atoms with Gasteiger partial charge in [-0.3, -0.25) is 14.3 Å². The molecule has 1 unspecified atom stereocenters. The van der Waals surface area contributed by atoms with Crippen LogP contribution in [0, 0.1) is 0 Å². The van der Waals surface area contributed by atoms with E-state index < -0.39 is 18.6 Å². The molecular formula is C41H44N3O2P. The van der Waals surface area contributed by atoms with Crippen LogP contribution in [0.2, 0.25) is 0 Å². The van der Waals surface area contributed by atoms with Crippen LogP contribution in [0.25, 0.3) is 0 Å². The number of nitrogens with one attached hydrogen (secondary N) is 1. The fourth-order valence-corrected chi connectivity index (χ4v) is 9.39. The molecule has 2 amide bonds. The zero-order valence-corrected chi connectivity index (χ0v) is 28.6. The van der Waals surface area contributed by atoms with Gasteiger partial charge < -0.3 is 10.2 Å². The molecule has 1 atom stereocenters. The van der Waals surface area contributed by atoms with Crippen molar-refractivity contribution in [2.75, 3.05) is 6.54 Å². The number of nitrogens with zero attached hydrogens (tertiary/aromatic N) is 2. The van der Waals surface area contributed by atoms with E-state index in [0.29, 0.717) is 23.4 Å². The van der Waals surface area contributed by atoms with Crippen LogP contribution in [0.4, 0.5) is 5.69 Å². The van der Waals surface area contributed by atoms with Crippen LogP contribution >= 0.6 is 7.05 Å². The minimum Gasteiger partial charge on any atom is -0.349 e. The fraction of sp³-hybridized carbons (Fsp3) is 0.220. The third-order valence-corrected chi connectivity index (χ3v) is 11.6. The largest absolute Gasteiger partial charge is 0.349 e. The van der Waals surface area contributed by atoms with E-state index >= 15 is 0 Å². The summed E-state index contributed by atoms with van der Waals surface area (Å²) in [6.07, 6.45) is 1.63. The van der Waals surface area contributed by atoms with Gasteiger partial charge in [0.25, 0.3) is 5.91 Å². The Balaban J connectivity index is 1.83. The van der Waals surface area contributed by atoms with Crippen molar-refractivity contribution < 1.29 is 9.59 Å². The summed E-state index contributed by atoms with van der Waals surface area (Å²) in [4.78, 5) is 30.5. The lowest BCUT2D eigenvalue weighted by Crippen LogP contribution is -2.49. The third-order valence-electron chi connectivity index (χ3n) is 7.97. The standard InChI is InChI=1S/C41H44N3O2P/c1-5-6-31-44(40(46)32-21-11-7-12-22-32)38(39(45)42-41(2,3)4)36-29-19-20-30-37(36)43-47(33-23-13-8-14-24-33,34-25-15-9-16-26-34)35-27-17-10-18-28-35/h7-30,38H,5-6,31H2,1-4H3,(H,42,45). The van der Waals surface area contributed by atoms with Gasteiger partial charge >= 0.3 is 0 Å². The maximum atomic E-state index is 14.5. The van der Waals surface area contributed by atoms with Crippen molar-refractivity contribution in [2.45, 2.75) is 52.1 Å². The number of amides is 2. The molecule has 0 aliphatic carbocycles. The molecule has 0 radical (unpaired) electrons. The smallest absolute Gasteiger partial charge is 0.254 e. The Bertz CT molecular complexity index is 1720. The molecule has 0 saturated heterocycles. The molecule has 240 valence electrons. The molecule has 0 spiro atoms. The van der Waals surface area contributed by atoms with E-state index in [1.165, 1.54) is 0 Å². The van der Waals surface area contributed by atoms with Crippen LogP contribution in [0.5, 0.6) is 0 Å². The number of benzene rings is 5. The number of hydrogen-bond acceptors (Lipinski definition) is 3. The summed E-state index contributed by atoms with van der Waals surface area (Å²) >= 11 is 0. The van der Waals surface area contributed by atoms with Crippen LogP contribution in [-0.4, -0.2) is 28.8 Å². The van der Waals surface area contributed by atoms with Gasteiger partial charge in [0.2, 0.25) is 5.91 Å². The van der Waals surface area contributed by atoms with Crippen molar-refractivity contribution in [2.24, 2.45) is 4.74 Å². The predicted molar refractivity (Wildman–Crippen MR) is 197 cm³/mol. The van der Waals surface area contributed by atoms with Gasteiger partial charge in [-0.05, 0) is 45.4 Å². The molecule has 5 aromatic rings. The second-order valence-electron chi connectivity index (χ2n) is 12.7. The number of carbonyl (C=O) groups is 2. The maximum Gasteiger partial charge on any atom is 0.254 e. The Kier molecular flexibility index (Phi) is 10.9. The summed E-state index contributed by atoms with van der Waals surface area (Å²) in [6.45, 7) is 8.41. The number of rotatable bonds is 11. The first kappa shape index (κ1) is 33.6. The molecule has 0 heterocycles.